The maximum absolute atomic E-state index is 13.0. The minimum atomic E-state index is -1.09. The number of carbonyl (C=O) groups is 3. The van der Waals surface area contributed by atoms with Crippen LogP contribution in [0.5, 0.6) is 0 Å². The van der Waals surface area contributed by atoms with Crippen LogP contribution in [0, 0.1) is 6.92 Å². The number of imide groups is 1. The van der Waals surface area contributed by atoms with Crippen LogP contribution < -0.4 is 4.90 Å². The Morgan fingerprint density at radius 2 is 1.60 bits per heavy atom. The van der Waals surface area contributed by atoms with Crippen LogP contribution in [0.3, 0.4) is 0 Å². The first kappa shape index (κ1) is 15.1. The molecular weight excluding hydrogens is 318 g/mol. The molecule has 3 aromatic rings. The summed E-state index contributed by atoms with van der Waals surface area (Å²) in [4.78, 5) is 38.5. The number of carbonyl (C=O) groups excluding carboxylic acids is 2. The molecule has 0 radical (unpaired) electrons. The summed E-state index contributed by atoms with van der Waals surface area (Å²) in [6, 6.07) is 14.9. The Morgan fingerprint density at radius 3 is 2.28 bits per heavy atom. The van der Waals surface area contributed by atoms with Crippen molar-refractivity contribution in [1.82, 2.24) is 0 Å². The van der Waals surface area contributed by atoms with Crippen molar-refractivity contribution in [3.8, 4) is 0 Å². The second-order valence-electron chi connectivity index (χ2n) is 5.98. The maximum atomic E-state index is 13.0. The molecule has 5 nitrogen and oxygen atoms in total. The zero-order chi connectivity index (χ0) is 17.7. The van der Waals surface area contributed by atoms with Crippen LogP contribution in [0.1, 0.15) is 36.6 Å². The van der Waals surface area contributed by atoms with Gasteiger partial charge >= 0.3 is 5.97 Å². The first-order chi connectivity index (χ1) is 12.0. The van der Waals surface area contributed by atoms with Gasteiger partial charge in [-0.1, -0.05) is 24.3 Å². The van der Waals surface area contributed by atoms with Gasteiger partial charge in [0.15, 0.2) is 0 Å². The largest absolute Gasteiger partial charge is 0.478 e. The van der Waals surface area contributed by atoms with Gasteiger partial charge in [0.25, 0.3) is 11.8 Å². The van der Waals surface area contributed by atoms with Crippen molar-refractivity contribution in [3.05, 3.63) is 76.9 Å². The molecule has 0 saturated heterocycles. The molecule has 1 N–H and O–H groups in total. The van der Waals surface area contributed by atoms with Crippen molar-refractivity contribution in [3.63, 3.8) is 0 Å². The number of hydrogen-bond donors (Lipinski definition) is 1. The highest BCUT2D eigenvalue weighted by atomic mass is 16.4. The van der Waals surface area contributed by atoms with Crippen LogP contribution in [0.2, 0.25) is 0 Å². The topological polar surface area (TPSA) is 74.7 Å². The van der Waals surface area contributed by atoms with Gasteiger partial charge < -0.3 is 5.11 Å². The summed E-state index contributed by atoms with van der Waals surface area (Å²) < 4.78 is 0. The van der Waals surface area contributed by atoms with Crippen molar-refractivity contribution in [2.24, 2.45) is 0 Å². The van der Waals surface area contributed by atoms with Crippen molar-refractivity contribution in [1.29, 1.82) is 0 Å². The minimum absolute atomic E-state index is 0.0743. The number of aryl methyl sites for hydroxylation is 1. The molecule has 4 rings (SSSR count). The van der Waals surface area contributed by atoms with E-state index in [2.05, 4.69) is 0 Å². The zero-order valence-electron chi connectivity index (χ0n) is 13.3. The fourth-order valence-corrected chi connectivity index (χ4v) is 3.28. The number of benzene rings is 3. The van der Waals surface area contributed by atoms with E-state index >= 15 is 0 Å². The molecule has 0 bridgehead atoms. The standard InChI is InChI=1S/C20H13NO4/c1-11-4-2-5-12(10-11)21-18(22)15-7-3-6-13-14(20(24)25)8-9-16(17(13)15)19(21)23/h2-10H,1H3,(H,24,25). The maximum Gasteiger partial charge on any atom is 0.336 e. The quantitative estimate of drug-likeness (QED) is 0.727. The van der Waals surface area contributed by atoms with Crippen LogP contribution in [-0.2, 0) is 0 Å². The van der Waals surface area contributed by atoms with E-state index < -0.39 is 17.8 Å². The van der Waals surface area contributed by atoms with Crippen LogP contribution in [0.25, 0.3) is 10.8 Å². The Balaban J connectivity index is 2.01. The number of hydrogen-bond acceptors (Lipinski definition) is 3. The Bertz CT molecular complexity index is 1060. The van der Waals surface area contributed by atoms with E-state index in [4.69, 9.17) is 0 Å². The molecule has 0 atom stereocenters. The molecule has 5 heteroatoms. The number of amides is 2. The number of carboxylic acids is 1. The molecule has 1 aliphatic heterocycles. The summed E-state index contributed by atoms with van der Waals surface area (Å²) in [5, 5.41) is 10.2. The van der Waals surface area contributed by atoms with Gasteiger partial charge in [0.2, 0.25) is 0 Å². The highest BCUT2D eigenvalue weighted by molar-refractivity contribution is 6.36. The first-order valence-electron chi connectivity index (χ1n) is 7.73. The van der Waals surface area contributed by atoms with E-state index in [0.29, 0.717) is 27.6 Å². The van der Waals surface area contributed by atoms with Crippen molar-refractivity contribution in [2.75, 3.05) is 4.90 Å². The van der Waals surface area contributed by atoms with Gasteiger partial charge in [0.05, 0.1) is 11.3 Å². The third-order valence-corrected chi connectivity index (χ3v) is 4.40. The lowest BCUT2D eigenvalue weighted by Gasteiger charge is -2.27. The van der Waals surface area contributed by atoms with Gasteiger partial charge in [-0.05, 0) is 48.2 Å². The monoisotopic (exact) mass is 331 g/mol. The lowest BCUT2D eigenvalue weighted by Crippen LogP contribution is -2.40. The number of nitrogens with zero attached hydrogens (tertiary/aromatic N) is 1. The second kappa shape index (κ2) is 5.27. The third-order valence-electron chi connectivity index (χ3n) is 4.40. The van der Waals surface area contributed by atoms with E-state index in [-0.39, 0.29) is 5.56 Å². The SMILES string of the molecule is Cc1cccc(N2C(=O)c3cccc4c(C(=O)O)ccc(c34)C2=O)c1. The molecule has 0 unspecified atom stereocenters. The fourth-order valence-electron chi connectivity index (χ4n) is 3.28. The van der Waals surface area contributed by atoms with Crippen LogP contribution in [0.4, 0.5) is 5.69 Å². The van der Waals surface area contributed by atoms with E-state index in [1.165, 1.54) is 12.1 Å². The highest BCUT2D eigenvalue weighted by Crippen LogP contribution is 2.34. The normalized spacial score (nSPS) is 13.4. The van der Waals surface area contributed by atoms with E-state index in [1.807, 2.05) is 13.0 Å². The first-order valence-corrected chi connectivity index (χ1v) is 7.73. The molecule has 25 heavy (non-hydrogen) atoms. The number of aromatic carboxylic acids is 1. The van der Waals surface area contributed by atoms with Crippen LogP contribution in [0.15, 0.2) is 54.6 Å². The average molecular weight is 331 g/mol. The van der Waals surface area contributed by atoms with E-state index in [1.54, 1.807) is 36.4 Å². The average Bonchev–Trinajstić information content (AvgIpc) is 2.59. The summed E-state index contributed by atoms with van der Waals surface area (Å²) in [6.07, 6.45) is 0. The number of anilines is 1. The Morgan fingerprint density at radius 1 is 0.920 bits per heavy atom. The van der Waals surface area contributed by atoms with Crippen LogP contribution >= 0.6 is 0 Å². The lowest BCUT2D eigenvalue weighted by molar-refractivity contribution is 0.0697. The zero-order valence-corrected chi connectivity index (χ0v) is 13.3. The molecule has 122 valence electrons. The number of rotatable bonds is 2. The summed E-state index contributed by atoms with van der Waals surface area (Å²) in [6.45, 7) is 1.89. The van der Waals surface area contributed by atoms with E-state index in [0.717, 1.165) is 10.5 Å². The lowest BCUT2D eigenvalue weighted by atomic mass is 9.91. The molecular formula is C20H13NO4. The number of carboxylic acid groups (broad SMARTS) is 1. The van der Waals surface area contributed by atoms with E-state index in [9.17, 15) is 19.5 Å². The molecule has 0 aliphatic carbocycles. The molecule has 0 saturated carbocycles. The molecule has 0 spiro atoms. The summed E-state index contributed by atoms with van der Waals surface area (Å²) in [5.41, 5.74) is 2.17. The molecule has 0 fully saturated rings. The minimum Gasteiger partial charge on any atom is -0.478 e. The van der Waals surface area contributed by atoms with Crippen LogP contribution in [-0.4, -0.2) is 22.9 Å². The van der Waals surface area contributed by atoms with Gasteiger partial charge in [-0.25, -0.2) is 9.69 Å². The predicted octanol–water partition coefficient (Wildman–Crippen LogP) is 3.65. The molecule has 1 heterocycles. The summed E-state index contributed by atoms with van der Waals surface area (Å²) >= 11 is 0. The fraction of sp³-hybridized carbons (Fsp3) is 0.0500. The molecule has 1 aliphatic rings. The summed E-state index contributed by atoms with van der Waals surface area (Å²) in [7, 11) is 0. The Kier molecular flexibility index (Phi) is 3.18. The molecule has 2 amide bonds. The smallest absolute Gasteiger partial charge is 0.336 e. The molecule has 3 aromatic carbocycles. The predicted molar refractivity (Wildman–Crippen MR) is 93.2 cm³/mol. The highest BCUT2D eigenvalue weighted by Gasteiger charge is 2.34. The summed E-state index contributed by atoms with van der Waals surface area (Å²) in [5.74, 6) is -1.99. The Hall–Kier alpha value is -3.47. The Labute approximate surface area is 143 Å². The molecule has 0 aromatic heterocycles. The second-order valence-corrected chi connectivity index (χ2v) is 5.98. The van der Waals surface area contributed by atoms with Gasteiger partial charge in [-0.3, -0.25) is 9.59 Å². The van der Waals surface area contributed by atoms with Crippen molar-refractivity contribution in [2.45, 2.75) is 6.92 Å². The third kappa shape index (κ3) is 2.13. The van der Waals surface area contributed by atoms with Gasteiger partial charge in [0.1, 0.15) is 0 Å². The van der Waals surface area contributed by atoms with Gasteiger partial charge in [-0.15, -0.1) is 0 Å². The van der Waals surface area contributed by atoms with Crippen molar-refractivity contribution >= 4 is 34.2 Å². The van der Waals surface area contributed by atoms with Gasteiger partial charge in [-0.2, -0.15) is 0 Å². The van der Waals surface area contributed by atoms with Crippen molar-refractivity contribution < 1.29 is 19.5 Å². The van der Waals surface area contributed by atoms with Gasteiger partial charge in [0, 0.05) is 16.5 Å².